The van der Waals surface area contributed by atoms with Gasteiger partial charge in [-0.25, -0.2) is 0 Å². The van der Waals surface area contributed by atoms with E-state index in [1.165, 1.54) is 16.7 Å². The van der Waals surface area contributed by atoms with Crippen molar-refractivity contribution in [2.24, 2.45) is 10.7 Å². The Kier molecular flexibility index (Phi) is 7.17. The first-order valence-corrected chi connectivity index (χ1v) is 7.67. The van der Waals surface area contributed by atoms with Crippen LogP contribution in [0.4, 0.5) is 5.69 Å². The van der Waals surface area contributed by atoms with Gasteiger partial charge in [0.1, 0.15) is 0 Å². The quantitative estimate of drug-likeness (QED) is 0.439. The highest BCUT2D eigenvalue weighted by Gasteiger charge is 2.05. The molecule has 0 saturated carbocycles. The lowest BCUT2D eigenvalue weighted by atomic mass is 10.1. The molecule has 0 bridgehead atoms. The summed E-state index contributed by atoms with van der Waals surface area (Å²) in [6.45, 7) is 7.04. The van der Waals surface area contributed by atoms with Crippen molar-refractivity contribution in [2.75, 3.05) is 11.9 Å². The van der Waals surface area contributed by atoms with Gasteiger partial charge in [-0.05, 0) is 59.5 Å². The van der Waals surface area contributed by atoms with E-state index in [4.69, 9.17) is 5.73 Å². The van der Waals surface area contributed by atoms with Gasteiger partial charge in [0, 0.05) is 18.2 Å². The van der Waals surface area contributed by atoms with Gasteiger partial charge in [-0.2, -0.15) is 11.3 Å². The Morgan fingerprint density at radius 3 is 2.67 bits per heavy atom. The number of aryl methyl sites for hydroxylation is 2. The number of guanidine groups is 1. The monoisotopic (exact) mass is 415 g/mol. The maximum Gasteiger partial charge on any atom is 0.193 e. The van der Waals surface area contributed by atoms with E-state index in [0.717, 1.165) is 5.69 Å². The van der Waals surface area contributed by atoms with E-state index in [2.05, 4.69) is 60.0 Å². The lowest BCUT2D eigenvalue weighted by molar-refractivity contribution is 0.778. The van der Waals surface area contributed by atoms with E-state index in [0.29, 0.717) is 18.4 Å². The van der Waals surface area contributed by atoms with Crippen molar-refractivity contribution in [3.63, 3.8) is 0 Å². The molecule has 0 saturated heterocycles. The standard InChI is InChI=1S/C16H21N3S.HI/c1-11-4-5-15(8-12(11)2)19-16(17)18-9-13(3)14-6-7-20-10-14;/h4-8,10,13H,9H2,1-3H3,(H3,17,18,19);1H. The Hall–Kier alpha value is -1.08. The molecule has 1 atom stereocenters. The molecule has 1 unspecified atom stereocenters. The van der Waals surface area contributed by atoms with Crippen LogP contribution in [0, 0.1) is 13.8 Å². The summed E-state index contributed by atoms with van der Waals surface area (Å²) in [6.07, 6.45) is 0. The topological polar surface area (TPSA) is 50.4 Å². The predicted molar refractivity (Wildman–Crippen MR) is 104 cm³/mol. The molecule has 0 radical (unpaired) electrons. The molecule has 114 valence electrons. The molecule has 0 spiro atoms. The molecule has 3 N–H and O–H groups in total. The van der Waals surface area contributed by atoms with Crippen LogP contribution in [0.2, 0.25) is 0 Å². The molecule has 1 aromatic carbocycles. The second-order valence-electron chi connectivity index (χ2n) is 5.11. The van der Waals surface area contributed by atoms with Crippen LogP contribution in [0.5, 0.6) is 0 Å². The molecule has 1 aromatic heterocycles. The summed E-state index contributed by atoms with van der Waals surface area (Å²) in [5.74, 6) is 0.858. The van der Waals surface area contributed by atoms with E-state index in [1.807, 2.05) is 6.07 Å². The Morgan fingerprint density at radius 1 is 1.29 bits per heavy atom. The van der Waals surface area contributed by atoms with Crippen LogP contribution in [0.25, 0.3) is 0 Å². The summed E-state index contributed by atoms with van der Waals surface area (Å²) < 4.78 is 0. The SMILES string of the molecule is Cc1ccc(NC(N)=NCC(C)c2ccsc2)cc1C.I. The highest BCUT2D eigenvalue weighted by atomic mass is 127. The number of halogens is 1. The van der Waals surface area contributed by atoms with Gasteiger partial charge in [-0.15, -0.1) is 24.0 Å². The second-order valence-corrected chi connectivity index (χ2v) is 5.89. The summed E-state index contributed by atoms with van der Waals surface area (Å²) in [5.41, 5.74) is 10.8. The number of nitrogens with one attached hydrogen (secondary N) is 1. The molecule has 0 amide bonds. The van der Waals surface area contributed by atoms with Crippen LogP contribution < -0.4 is 11.1 Å². The fourth-order valence-electron chi connectivity index (χ4n) is 1.90. The van der Waals surface area contributed by atoms with E-state index < -0.39 is 0 Å². The molecular weight excluding hydrogens is 393 g/mol. The molecule has 0 aliphatic heterocycles. The fraction of sp³-hybridized carbons (Fsp3) is 0.312. The largest absolute Gasteiger partial charge is 0.370 e. The molecule has 21 heavy (non-hydrogen) atoms. The molecule has 0 fully saturated rings. The van der Waals surface area contributed by atoms with E-state index in [9.17, 15) is 0 Å². The minimum absolute atomic E-state index is 0. The number of rotatable bonds is 4. The number of hydrogen-bond acceptors (Lipinski definition) is 2. The van der Waals surface area contributed by atoms with Crippen LogP contribution in [0.15, 0.2) is 40.0 Å². The minimum atomic E-state index is 0. The Labute approximate surface area is 147 Å². The van der Waals surface area contributed by atoms with Crippen LogP contribution in [-0.4, -0.2) is 12.5 Å². The Bertz CT molecular complexity index is 594. The first-order chi connectivity index (χ1) is 9.56. The van der Waals surface area contributed by atoms with Gasteiger partial charge in [0.2, 0.25) is 0 Å². The van der Waals surface area contributed by atoms with Crippen molar-refractivity contribution in [3.05, 3.63) is 51.7 Å². The first kappa shape index (κ1) is 18.0. The molecule has 0 aliphatic rings. The molecule has 5 heteroatoms. The molecule has 2 rings (SSSR count). The second kappa shape index (κ2) is 8.38. The van der Waals surface area contributed by atoms with Gasteiger partial charge < -0.3 is 11.1 Å². The maximum absolute atomic E-state index is 5.94. The van der Waals surface area contributed by atoms with Crippen LogP contribution in [0.3, 0.4) is 0 Å². The summed E-state index contributed by atoms with van der Waals surface area (Å²) >= 11 is 1.71. The van der Waals surface area contributed by atoms with Crippen molar-refractivity contribution in [1.29, 1.82) is 0 Å². The molecule has 2 aromatic rings. The van der Waals surface area contributed by atoms with Crippen molar-refractivity contribution < 1.29 is 0 Å². The minimum Gasteiger partial charge on any atom is -0.370 e. The van der Waals surface area contributed by atoms with E-state index in [-0.39, 0.29) is 24.0 Å². The van der Waals surface area contributed by atoms with Crippen molar-refractivity contribution in [3.8, 4) is 0 Å². The number of nitrogens with zero attached hydrogens (tertiary/aromatic N) is 1. The number of hydrogen-bond donors (Lipinski definition) is 2. The first-order valence-electron chi connectivity index (χ1n) is 6.72. The maximum atomic E-state index is 5.94. The van der Waals surface area contributed by atoms with Crippen molar-refractivity contribution >= 4 is 47.0 Å². The Balaban J connectivity index is 0.00000220. The third kappa shape index (κ3) is 5.32. The molecule has 1 heterocycles. The van der Waals surface area contributed by atoms with Crippen LogP contribution >= 0.6 is 35.3 Å². The number of benzene rings is 1. The predicted octanol–water partition coefficient (Wildman–Crippen LogP) is 4.51. The van der Waals surface area contributed by atoms with Crippen molar-refractivity contribution in [2.45, 2.75) is 26.7 Å². The fourth-order valence-corrected chi connectivity index (χ4v) is 2.68. The molecule has 0 aliphatic carbocycles. The summed E-state index contributed by atoms with van der Waals surface area (Å²) in [7, 11) is 0. The number of nitrogens with two attached hydrogens (primary N) is 1. The van der Waals surface area contributed by atoms with Crippen molar-refractivity contribution in [1.82, 2.24) is 0 Å². The summed E-state index contributed by atoms with van der Waals surface area (Å²) in [5, 5.41) is 7.39. The van der Waals surface area contributed by atoms with Gasteiger partial charge in [0.15, 0.2) is 5.96 Å². The number of aliphatic imine (C=N–C) groups is 1. The van der Waals surface area contributed by atoms with Gasteiger partial charge in [0.25, 0.3) is 0 Å². The summed E-state index contributed by atoms with van der Waals surface area (Å²) in [6, 6.07) is 8.32. The normalized spacial score (nSPS) is 12.6. The van der Waals surface area contributed by atoms with Gasteiger partial charge in [-0.3, -0.25) is 4.99 Å². The van der Waals surface area contributed by atoms with E-state index in [1.54, 1.807) is 11.3 Å². The molecular formula is C16H22IN3S. The van der Waals surface area contributed by atoms with Crippen LogP contribution in [-0.2, 0) is 0 Å². The van der Waals surface area contributed by atoms with Gasteiger partial charge in [0.05, 0.1) is 0 Å². The molecule has 3 nitrogen and oxygen atoms in total. The highest BCUT2D eigenvalue weighted by Crippen LogP contribution is 2.18. The zero-order valence-electron chi connectivity index (χ0n) is 12.6. The average Bonchev–Trinajstić information content (AvgIpc) is 2.94. The number of thiophene rings is 1. The summed E-state index contributed by atoms with van der Waals surface area (Å²) in [4.78, 5) is 4.42. The number of anilines is 1. The van der Waals surface area contributed by atoms with Gasteiger partial charge >= 0.3 is 0 Å². The lowest BCUT2D eigenvalue weighted by Crippen LogP contribution is -2.23. The third-order valence-electron chi connectivity index (χ3n) is 3.43. The highest BCUT2D eigenvalue weighted by molar-refractivity contribution is 14.0. The average molecular weight is 415 g/mol. The van der Waals surface area contributed by atoms with Crippen LogP contribution in [0.1, 0.15) is 29.5 Å². The Morgan fingerprint density at radius 2 is 2.05 bits per heavy atom. The zero-order chi connectivity index (χ0) is 14.5. The smallest absolute Gasteiger partial charge is 0.193 e. The van der Waals surface area contributed by atoms with E-state index >= 15 is 0 Å². The third-order valence-corrected chi connectivity index (χ3v) is 4.13. The lowest BCUT2D eigenvalue weighted by Gasteiger charge is -2.10. The van der Waals surface area contributed by atoms with Gasteiger partial charge in [-0.1, -0.05) is 13.0 Å². The zero-order valence-corrected chi connectivity index (χ0v) is 15.7.